The minimum absolute atomic E-state index is 0.0303. The summed E-state index contributed by atoms with van der Waals surface area (Å²) in [6.07, 6.45) is 1.62. The van der Waals surface area contributed by atoms with Gasteiger partial charge in [-0.2, -0.15) is 0 Å². The maximum atomic E-state index is 12.7. The average molecular weight is 392 g/mol. The molecule has 1 atom stereocenters. The van der Waals surface area contributed by atoms with Crippen LogP contribution in [0.3, 0.4) is 0 Å². The van der Waals surface area contributed by atoms with Crippen LogP contribution in [0.1, 0.15) is 74.8 Å². The number of methoxy groups -OCH3 is 1. The predicted octanol–water partition coefficient (Wildman–Crippen LogP) is 2.84. The van der Waals surface area contributed by atoms with Crippen molar-refractivity contribution in [3.63, 3.8) is 0 Å². The first-order valence-electron chi connectivity index (χ1n) is 9.64. The molecule has 1 aliphatic heterocycles. The van der Waals surface area contributed by atoms with Crippen molar-refractivity contribution < 1.29 is 23.9 Å². The van der Waals surface area contributed by atoms with Gasteiger partial charge < -0.3 is 19.8 Å². The van der Waals surface area contributed by atoms with E-state index in [2.05, 4.69) is 24.1 Å². The lowest BCUT2D eigenvalue weighted by Gasteiger charge is -2.25. The van der Waals surface area contributed by atoms with Gasteiger partial charge in [0, 0.05) is 31.0 Å². The minimum Gasteiger partial charge on any atom is -0.469 e. The molecule has 156 valence electrons. The van der Waals surface area contributed by atoms with Crippen molar-refractivity contribution >= 4 is 17.8 Å². The zero-order valence-electron chi connectivity index (χ0n) is 17.9. The van der Waals surface area contributed by atoms with Gasteiger partial charge in [-0.05, 0) is 50.7 Å². The molecule has 0 aromatic carbocycles. The molecule has 1 amide bonds. The second kappa shape index (κ2) is 7.97. The van der Waals surface area contributed by atoms with Crippen LogP contribution in [-0.2, 0) is 31.9 Å². The fraction of sp³-hybridized carbons (Fsp3) is 0.667. The summed E-state index contributed by atoms with van der Waals surface area (Å²) in [5.74, 6) is -0.740. The zero-order valence-corrected chi connectivity index (χ0v) is 17.9. The van der Waals surface area contributed by atoms with Gasteiger partial charge >= 0.3 is 11.9 Å². The van der Waals surface area contributed by atoms with Crippen LogP contribution in [-0.4, -0.2) is 41.6 Å². The Bertz CT molecular complexity index is 770. The fourth-order valence-electron chi connectivity index (χ4n) is 3.55. The first-order valence-corrected chi connectivity index (χ1v) is 9.64. The Labute approximate surface area is 166 Å². The normalized spacial score (nSPS) is 18.7. The molecule has 7 heteroatoms. The second-order valence-corrected chi connectivity index (χ2v) is 9.15. The van der Waals surface area contributed by atoms with Crippen LogP contribution in [0.5, 0.6) is 0 Å². The van der Waals surface area contributed by atoms with Crippen LogP contribution in [0.4, 0.5) is 0 Å². The number of H-pyrrole nitrogens is 1. The van der Waals surface area contributed by atoms with E-state index in [-0.39, 0.29) is 29.8 Å². The van der Waals surface area contributed by atoms with Crippen molar-refractivity contribution in [2.75, 3.05) is 7.11 Å². The molecule has 2 heterocycles. The van der Waals surface area contributed by atoms with Crippen molar-refractivity contribution in [2.24, 2.45) is 5.41 Å². The highest BCUT2D eigenvalue weighted by molar-refractivity contribution is 5.90. The van der Waals surface area contributed by atoms with Crippen molar-refractivity contribution in [3.8, 4) is 0 Å². The highest BCUT2D eigenvalue weighted by atomic mass is 16.6. The van der Waals surface area contributed by atoms with Gasteiger partial charge in [-0.25, -0.2) is 4.79 Å². The summed E-state index contributed by atoms with van der Waals surface area (Å²) in [6.45, 7) is 11.5. The molecule has 1 unspecified atom stereocenters. The first kappa shape index (κ1) is 22.0. The summed E-state index contributed by atoms with van der Waals surface area (Å²) < 4.78 is 10.3. The Kier molecular flexibility index (Phi) is 6.26. The molecule has 0 radical (unpaired) electrons. The van der Waals surface area contributed by atoms with E-state index in [4.69, 9.17) is 9.47 Å². The maximum absolute atomic E-state index is 12.7. The molecule has 1 saturated heterocycles. The molecule has 2 rings (SSSR count). The average Bonchev–Trinajstić information content (AvgIpc) is 2.99. The van der Waals surface area contributed by atoms with Crippen LogP contribution >= 0.6 is 0 Å². The molecule has 0 spiro atoms. The Hall–Kier alpha value is -2.31. The van der Waals surface area contributed by atoms with E-state index in [1.165, 1.54) is 7.11 Å². The number of aromatic amines is 1. The van der Waals surface area contributed by atoms with E-state index in [0.29, 0.717) is 25.0 Å². The van der Waals surface area contributed by atoms with Crippen molar-refractivity contribution in [1.82, 2.24) is 10.3 Å². The SMILES string of the molecule is COC(=O)CCc1c(C(=O)OC(C)(C)C)[nH]c(CC2NC(=O)CC2(C)C)c1C. The summed E-state index contributed by atoms with van der Waals surface area (Å²) in [6, 6.07) is -0.0303. The van der Waals surface area contributed by atoms with Gasteiger partial charge in [-0.15, -0.1) is 0 Å². The summed E-state index contributed by atoms with van der Waals surface area (Å²) in [7, 11) is 1.34. The smallest absolute Gasteiger partial charge is 0.355 e. The second-order valence-electron chi connectivity index (χ2n) is 9.15. The summed E-state index contributed by atoms with van der Waals surface area (Å²) in [5.41, 5.74) is 2.12. The summed E-state index contributed by atoms with van der Waals surface area (Å²) >= 11 is 0. The van der Waals surface area contributed by atoms with Gasteiger partial charge in [-0.3, -0.25) is 9.59 Å². The maximum Gasteiger partial charge on any atom is 0.355 e. The summed E-state index contributed by atoms with van der Waals surface area (Å²) in [5, 5.41) is 3.03. The number of amides is 1. The monoisotopic (exact) mass is 392 g/mol. The van der Waals surface area contributed by atoms with E-state index >= 15 is 0 Å². The molecular formula is C21H32N2O5. The van der Waals surface area contributed by atoms with Gasteiger partial charge in [0.1, 0.15) is 11.3 Å². The number of rotatable bonds is 6. The standard InChI is InChI=1S/C21H32N2O5/c1-12-13(8-9-17(25)27-7)18(19(26)28-20(2,3)4)22-14(12)10-15-21(5,6)11-16(24)23-15/h15,22H,8-11H2,1-7H3,(H,23,24). The number of hydrogen-bond donors (Lipinski definition) is 2. The number of aromatic nitrogens is 1. The number of hydrogen-bond acceptors (Lipinski definition) is 5. The topological polar surface area (TPSA) is 97.5 Å². The number of ether oxygens (including phenoxy) is 2. The van der Waals surface area contributed by atoms with Gasteiger partial charge in [0.05, 0.1) is 7.11 Å². The lowest BCUT2D eigenvalue weighted by molar-refractivity contribution is -0.140. The quantitative estimate of drug-likeness (QED) is 0.726. The molecule has 1 aromatic heterocycles. The van der Waals surface area contributed by atoms with E-state index in [1.807, 2.05) is 27.7 Å². The van der Waals surface area contributed by atoms with E-state index in [9.17, 15) is 14.4 Å². The number of carbonyl (C=O) groups excluding carboxylic acids is 3. The molecule has 0 saturated carbocycles. The molecule has 2 N–H and O–H groups in total. The fourth-order valence-corrected chi connectivity index (χ4v) is 3.55. The third kappa shape index (κ3) is 5.14. The number of esters is 2. The lowest BCUT2D eigenvalue weighted by Crippen LogP contribution is -2.35. The molecule has 7 nitrogen and oxygen atoms in total. The van der Waals surface area contributed by atoms with Crippen molar-refractivity contribution in [3.05, 3.63) is 22.5 Å². The van der Waals surface area contributed by atoms with Crippen molar-refractivity contribution in [1.29, 1.82) is 0 Å². The van der Waals surface area contributed by atoms with E-state index in [0.717, 1.165) is 16.8 Å². The van der Waals surface area contributed by atoms with Gasteiger partial charge in [0.15, 0.2) is 0 Å². The van der Waals surface area contributed by atoms with Gasteiger partial charge in [-0.1, -0.05) is 13.8 Å². The minimum atomic E-state index is -0.628. The molecule has 0 aliphatic carbocycles. The molecule has 1 fully saturated rings. The van der Waals surface area contributed by atoms with Crippen LogP contribution < -0.4 is 5.32 Å². The Morgan fingerprint density at radius 1 is 1.25 bits per heavy atom. The van der Waals surface area contributed by atoms with Gasteiger partial charge in [0.2, 0.25) is 5.91 Å². The van der Waals surface area contributed by atoms with E-state index < -0.39 is 11.6 Å². The third-order valence-electron chi connectivity index (χ3n) is 5.20. The molecule has 1 aliphatic rings. The van der Waals surface area contributed by atoms with Crippen LogP contribution in [0, 0.1) is 12.3 Å². The highest BCUT2D eigenvalue weighted by Gasteiger charge is 2.40. The predicted molar refractivity (Wildman–Crippen MR) is 105 cm³/mol. The Morgan fingerprint density at radius 3 is 2.39 bits per heavy atom. The lowest BCUT2D eigenvalue weighted by atomic mass is 9.82. The highest BCUT2D eigenvalue weighted by Crippen LogP contribution is 2.34. The summed E-state index contributed by atoms with van der Waals surface area (Å²) in [4.78, 5) is 39.4. The number of carbonyl (C=O) groups is 3. The molecule has 1 aromatic rings. The largest absolute Gasteiger partial charge is 0.469 e. The Morgan fingerprint density at radius 2 is 1.89 bits per heavy atom. The van der Waals surface area contributed by atoms with Gasteiger partial charge in [0.25, 0.3) is 0 Å². The molecule has 0 bridgehead atoms. The van der Waals surface area contributed by atoms with Crippen LogP contribution in [0.2, 0.25) is 0 Å². The number of nitrogens with one attached hydrogen (secondary N) is 2. The van der Waals surface area contributed by atoms with Crippen molar-refractivity contribution in [2.45, 2.75) is 78.9 Å². The van der Waals surface area contributed by atoms with Crippen LogP contribution in [0.15, 0.2) is 0 Å². The van der Waals surface area contributed by atoms with Crippen LogP contribution in [0.25, 0.3) is 0 Å². The Balaban J connectivity index is 2.34. The zero-order chi connectivity index (χ0) is 21.3. The molecule has 28 heavy (non-hydrogen) atoms. The first-order chi connectivity index (χ1) is 12.8. The van der Waals surface area contributed by atoms with E-state index in [1.54, 1.807) is 0 Å². The third-order valence-corrected chi connectivity index (χ3v) is 5.20. The molecular weight excluding hydrogens is 360 g/mol.